The van der Waals surface area contributed by atoms with E-state index in [4.69, 9.17) is 5.11 Å². The summed E-state index contributed by atoms with van der Waals surface area (Å²) in [5, 5.41) is 10.4. The topological polar surface area (TPSA) is 49.3 Å². The molecule has 0 rings (SSSR count). The molecule has 1 amide bonds. The number of aliphatic hydroxyl groups is 1. The monoisotopic (exact) mass is 209 g/mol. The Hall–Kier alpha value is -0.710. The van der Waals surface area contributed by atoms with Crippen molar-refractivity contribution in [3.05, 3.63) is 0 Å². The number of rotatable bonds is 6. The van der Waals surface area contributed by atoms with Gasteiger partial charge in [-0.3, -0.25) is 4.79 Å². The third kappa shape index (κ3) is 4.50. The van der Waals surface area contributed by atoms with E-state index in [1.807, 2.05) is 13.8 Å². The van der Waals surface area contributed by atoms with E-state index >= 15 is 0 Å². The van der Waals surface area contributed by atoms with Gasteiger partial charge in [0.2, 0.25) is 5.91 Å². The zero-order valence-corrected chi connectivity index (χ0v) is 8.52. The van der Waals surface area contributed by atoms with Crippen molar-refractivity contribution < 1.29 is 18.7 Å². The van der Waals surface area contributed by atoms with Gasteiger partial charge in [-0.25, -0.2) is 8.78 Å². The third-order valence-electron chi connectivity index (χ3n) is 2.11. The molecule has 0 aliphatic heterocycles. The van der Waals surface area contributed by atoms with E-state index in [2.05, 4.69) is 5.32 Å². The Balaban J connectivity index is 3.95. The number of hydrogen-bond donors (Lipinski definition) is 2. The van der Waals surface area contributed by atoms with Gasteiger partial charge in [0.25, 0.3) is 5.92 Å². The molecular formula is C9H17F2NO2. The first kappa shape index (κ1) is 13.3. The Labute approximate surface area is 82.5 Å². The van der Waals surface area contributed by atoms with Gasteiger partial charge in [0.05, 0.1) is 6.54 Å². The Kier molecular flexibility index (Phi) is 5.60. The summed E-state index contributed by atoms with van der Waals surface area (Å²) in [6.45, 7) is 1.63. The predicted octanol–water partition coefficient (Wildman–Crippen LogP) is 1.17. The molecule has 0 fully saturated rings. The predicted molar refractivity (Wildman–Crippen MR) is 49.1 cm³/mol. The summed E-state index contributed by atoms with van der Waals surface area (Å²) in [5.74, 6) is -3.81. The Morgan fingerprint density at radius 3 is 2.29 bits per heavy atom. The molecule has 84 valence electrons. The summed E-state index contributed by atoms with van der Waals surface area (Å²) < 4.78 is 25.0. The van der Waals surface area contributed by atoms with Crippen molar-refractivity contribution in [3.8, 4) is 0 Å². The van der Waals surface area contributed by atoms with Crippen LogP contribution in [0.15, 0.2) is 0 Å². The van der Waals surface area contributed by atoms with Crippen molar-refractivity contribution in [3.63, 3.8) is 0 Å². The van der Waals surface area contributed by atoms with Gasteiger partial charge in [-0.2, -0.15) is 0 Å². The average Bonchev–Trinajstić information content (AvgIpc) is 2.17. The van der Waals surface area contributed by atoms with E-state index in [0.29, 0.717) is 12.8 Å². The summed E-state index contributed by atoms with van der Waals surface area (Å²) >= 11 is 0. The summed E-state index contributed by atoms with van der Waals surface area (Å²) in [4.78, 5) is 11.2. The maximum absolute atomic E-state index is 12.5. The second-order valence-corrected chi connectivity index (χ2v) is 3.25. The second kappa shape index (κ2) is 5.90. The lowest BCUT2D eigenvalue weighted by Gasteiger charge is -2.17. The van der Waals surface area contributed by atoms with Crippen LogP contribution in [0.5, 0.6) is 0 Å². The van der Waals surface area contributed by atoms with E-state index in [1.54, 1.807) is 0 Å². The molecule has 0 bridgehead atoms. The number of halogens is 2. The van der Waals surface area contributed by atoms with Crippen LogP contribution in [-0.2, 0) is 4.79 Å². The van der Waals surface area contributed by atoms with Gasteiger partial charge < -0.3 is 10.4 Å². The first-order valence-electron chi connectivity index (χ1n) is 4.73. The van der Waals surface area contributed by atoms with Gasteiger partial charge in [-0.15, -0.1) is 0 Å². The Bertz CT molecular complexity index is 182. The zero-order chi connectivity index (χ0) is 11.2. The van der Waals surface area contributed by atoms with Crippen LogP contribution in [0, 0.1) is 5.92 Å². The van der Waals surface area contributed by atoms with E-state index in [9.17, 15) is 13.6 Å². The lowest BCUT2D eigenvalue weighted by Crippen LogP contribution is -2.41. The highest BCUT2D eigenvalue weighted by Gasteiger charge is 2.29. The van der Waals surface area contributed by atoms with Crippen molar-refractivity contribution in [2.75, 3.05) is 13.2 Å². The van der Waals surface area contributed by atoms with Gasteiger partial charge in [0.15, 0.2) is 0 Å². The normalized spacial score (nSPS) is 11.9. The van der Waals surface area contributed by atoms with Crippen LogP contribution in [-0.4, -0.2) is 30.1 Å². The van der Waals surface area contributed by atoms with Gasteiger partial charge >= 0.3 is 0 Å². The Morgan fingerprint density at radius 2 is 1.93 bits per heavy atom. The van der Waals surface area contributed by atoms with Gasteiger partial charge in [-0.05, 0) is 12.8 Å². The highest BCUT2D eigenvalue weighted by atomic mass is 19.3. The van der Waals surface area contributed by atoms with Gasteiger partial charge in [-0.1, -0.05) is 13.8 Å². The second-order valence-electron chi connectivity index (χ2n) is 3.25. The molecule has 0 aromatic heterocycles. The fourth-order valence-corrected chi connectivity index (χ4v) is 1.08. The van der Waals surface area contributed by atoms with Gasteiger partial charge in [0.1, 0.15) is 6.61 Å². The molecule has 0 saturated carbocycles. The molecule has 3 nitrogen and oxygen atoms in total. The fraction of sp³-hybridized carbons (Fsp3) is 0.889. The Morgan fingerprint density at radius 1 is 1.43 bits per heavy atom. The highest BCUT2D eigenvalue weighted by molar-refractivity contribution is 5.78. The molecule has 0 unspecified atom stereocenters. The molecular weight excluding hydrogens is 192 g/mol. The van der Waals surface area contributed by atoms with Crippen molar-refractivity contribution in [1.82, 2.24) is 5.32 Å². The van der Waals surface area contributed by atoms with Gasteiger partial charge in [0, 0.05) is 5.92 Å². The van der Waals surface area contributed by atoms with Crippen LogP contribution in [0.3, 0.4) is 0 Å². The molecule has 2 N–H and O–H groups in total. The summed E-state index contributed by atoms with van der Waals surface area (Å²) in [6.07, 6.45) is 1.26. The SMILES string of the molecule is CCC(CC)C(=O)NCC(F)(F)CO. The molecule has 14 heavy (non-hydrogen) atoms. The van der Waals surface area contributed by atoms with Crippen molar-refractivity contribution in [2.24, 2.45) is 5.92 Å². The maximum atomic E-state index is 12.5. The lowest BCUT2D eigenvalue weighted by molar-refractivity contribution is -0.128. The van der Waals surface area contributed by atoms with Crippen molar-refractivity contribution in [1.29, 1.82) is 0 Å². The minimum atomic E-state index is -3.22. The molecule has 0 heterocycles. The summed E-state index contributed by atoms with van der Waals surface area (Å²) in [5.41, 5.74) is 0. The lowest BCUT2D eigenvalue weighted by atomic mass is 10.0. The van der Waals surface area contributed by atoms with Crippen LogP contribution >= 0.6 is 0 Å². The van der Waals surface area contributed by atoms with E-state index in [-0.39, 0.29) is 11.8 Å². The third-order valence-corrected chi connectivity index (χ3v) is 2.11. The smallest absolute Gasteiger partial charge is 0.287 e. The number of aliphatic hydroxyl groups excluding tert-OH is 1. The first-order chi connectivity index (χ1) is 6.46. The van der Waals surface area contributed by atoms with Crippen LogP contribution in [0.4, 0.5) is 8.78 Å². The maximum Gasteiger partial charge on any atom is 0.287 e. The van der Waals surface area contributed by atoms with E-state index in [1.165, 1.54) is 0 Å². The molecule has 0 aromatic rings. The first-order valence-corrected chi connectivity index (χ1v) is 4.73. The standard InChI is InChI=1S/C9H17F2NO2/c1-3-7(4-2)8(14)12-5-9(10,11)6-13/h7,13H,3-6H2,1-2H3,(H,12,14). The molecule has 5 heteroatoms. The number of carbonyl (C=O) groups excluding carboxylic acids is 1. The summed E-state index contributed by atoms with van der Waals surface area (Å²) in [7, 11) is 0. The number of alkyl halides is 2. The fourth-order valence-electron chi connectivity index (χ4n) is 1.08. The highest BCUT2D eigenvalue weighted by Crippen LogP contribution is 2.12. The quantitative estimate of drug-likeness (QED) is 0.689. The van der Waals surface area contributed by atoms with Crippen molar-refractivity contribution in [2.45, 2.75) is 32.6 Å². The molecule has 0 saturated heterocycles. The largest absolute Gasteiger partial charge is 0.390 e. The van der Waals surface area contributed by atoms with E-state index < -0.39 is 19.1 Å². The number of amides is 1. The molecule has 0 aliphatic carbocycles. The molecule has 0 atom stereocenters. The molecule has 0 aromatic carbocycles. The number of hydrogen-bond acceptors (Lipinski definition) is 2. The number of carbonyl (C=O) groups is 1. The number of nitrogens with one attached hydrogen (secondary N) is 1. The van der Waals surface area contributed by atoms with Crippen molar-refractivity contribution >= 4 is 5.91 Å². The van der Waals surface area contributed by atoms with Crippen LogP contribution in [0.2, 0.25) is 0 Å². The van der Waals surface area contributed by atoms with E-state index in [0.717, 1.165) is 0 Å². The average molecular weight is 209 g/mol. The van der Waals surface area contributed by atoms with Crippen LogP contribution < -0.4 is 5.32 Å². The zero-order valence-electron chi connectivity index (χ0n) is 8.52. The molecule has 0 spiro atoms. The van der Waals surface area contributed by atoms with Crippen LogP contribution in [0.1, 0.15) is 26.7 Å². The minimum absolute atomic E-state index is 0.218. The summed E-state index contributed by atoms with van der Waals surface area (Å²) in [6, 6.07) is 0. The van der Waals surface area contributed by atoms with Crippen LogP contribution in [0.25, 0.3) is 0 Å². The molecule has 0 radical (unpaired) electrons. The minimum Gasteiger partial charge on any atom is -0.390 e. The molecule has 0 aliphatic rings.